The zero-order valence-corrected chi connectivity index (χ0v) is 19.4. The van der Waals surface area contributed by atoms with E-state index in [1.807, 2.05) is 37.3 Å². The van der Waals surface area contributed by atoms with Crippen molar-refractivity contribution >= 4 is 17.6 Å². The Hall–Kier alpha value is -4.26. The molecule has 7 heteroatoms. The van der Waals surface area contributed by atoms with Gasteiger partial charge in [-0.1, -0.05) is 35.9 Å². The minimum Gasteiger partial charge on any atom is -0.407 e. The van der Waals surface area contributed by atoms with Gasteiger partial charge in [0.2, 0.25) is 5.88 Å². The second kappa shape index (κ2) is 9.18. The molecule has 6 nitrogen and oxygen atoms in total. The van der Waals surface area contributed by atoms with Crippen molar-refractivity contribution in [3.05, 3.63) is 95.4 Å². The van der Waals surface area contributed by atoms with Crippen LogP contribution < -0.4 is 10.1 Å². The first-order valence-electron chi connectivity index (χ1n) is 11.4. The topological polar surface area (TPSA) is 73.2 Å². The highest BCUT2D eigenvalue weighted by Crippen LogP contribution is 2.48. The van der Waals surface area contributed by atoms with Gasteiger partial charge in [0.05, 0.1) is 16.9 Å². The maximum absolute atomic E-state index is 14.0. The Labute approximate surface area is 202 Å². The van der Waals surface area contributed by atoms with E-state index < -0.39 is 11.8 Å². The van der Waals surface area contributed by atoms with Gasteiger partial charge >= 0.3 is 5.97 Å². The van der Waals surface area contributed by atoms with Gasteiger partial charge in [-0.3, -0.25) is 9.59 Å². The van der Waals surface area contributed by atoms with E-state index in [0.29, 0.717) is 22.5 Å². The molecule has 1 aliphatic rings. The van der Waals surface area contributed by atoms with E-state index in [2.05, 4.69) is 5.32 Å². The van der Waals surface area contributed by atoms with E-state index in [4.69, 9.17) is 9.84 Å². The lowest BCUT2D eigenvalue weighted by Gasteiger charge is -2.10. The van der Waals surface area contributed by atoms with Gasteiger partial charge in [0.15, 0.2) is 0 Å². The standard InChI is InChI=1S/C28H24FN3O3/c1-17-5-3-6-21(15-17)27(34)30-23-13-11-19(12-14-23)25-26(20-9-10-20)31-32(28(25)35-18(2)33)24-8-4-7-22(29)16-24/h3-8,11-16,20H,9-10H2,1-2H3,(H,30,34). The number of halogens is 1. The van der Waals surface area contributed by atoms with Crippen LogP contribution >= 0.6 is 0 Å². The van der Waals surface area contributed by atoms with E-state index in [1.165, 1.54) is 23.7 Å². The molecule has 0 bridgehead atoms. The van der Waals surface area contributed by atoms with Crippen molar-refractivity contribution in [3.8, 4) is 22.7 Å². The van der Waals surface area contributed by atoms with Crippen molar-refractivity contribution in [1.82, 2.24) is 9.78 Å². The predicted molar refractivity (Wildman–Crippen MR) is 131 cm³/mol. The zero-order valence-electron chi connectivity index (χ0n) is 19.4. The lowest BCUT2D eigenvalue weighted by Crippen LogP contribution is -2.11. The molecule has 1 aromatic heterocycles. The van der Waals surface area contributed by atoms with Crippen molar-refractivity contribution in [2.45, 2.75) is 32.6 Å². The van der Waals surface area contributed by atoms with Gasteiger partial charge in [-0.05, 0) is 67.8 Å². The summed E-state index contributed by atoms with van der Waals surface area (Å²) in [5.41, 5.74) is 4.99. The quantitative estimate of drug-likeness (QED) is 0.349. The molecule has 0 spiro atoms. The van der Waals surface area contributed by atoms with E-state index in [9.17, 15) is 14.0 Å². The van der Waals surface area contributed by atoms with E-state index in [1.54, 1.807) is 30.3 Å². The molecular formula is C28H24FN3O3. The first-order chi connectivity index (χ1) is 16.9. The highest BCUT2D eigenvalue weighted by Gasteiger charge is 2.34. The summed E-state index contributed by atoms with van der Waals surface area (Å²) in [4.78, 5) is 24.6. The molecule has 0 unspecified atom stereocenters. The Morgan fingerprint density at radius 2 is 1.77 bits per heavy atom. The summed E-state index contributed by atoms with van der Waals surface area (Å²) in [5.74, 6) is -0.598. The Bertz CT molecular complexity index is 1420. The van der Waals surface area contributed by atoms with Crippen LogP contribution in [0.2, 0.25) is 0 Å². The van der Waals surface area contributed by atoms with Gasteiger partial charge in [0, 0.05) is 24.1 Å². The monoisotopic (exact) mass is 469 g/mol. The van der Waals surface area contributed by atoms with Gasteiger partial charge in [0.1, 0.15) is 5.82 Å². The first-order valence-corrected chi connectivity index (χ1v) is 11.4. The minimum absolute atomic E-state index is 0.195. The summed E-state index contributed by atoms with van der Waals surface area (Å²) >= 11 is 0. The molecule has 1 aliphatic carbocycles. The molecule has 1 amide bonds. The smallest absolute Gasteiger partial charge is 0.309 e. The number of aromatic nitrogens is 2. The Morgan fingerprint density at radius 3 is 2.43 bits per heavy atom. The van der Waals surface area contributed by atoms with Crippen molar-refractivity contribution in [3.63, 3.8) is 0 Å². The normalized spacial score (nSPS) is 12.9. The number of rotatable bonds is 6. The molecule has 0 saturated heterocycles. The number of anilines is 1. The minimum atomic E-state index is -0.492. The molecule has 1 heterocycles. The average Bonchev–Trinajstić information content (AvgIpc) is 3.61. The third kappa shape index (κ3) is 4.84. The molecule has 176 valence electrons. The van der Waals surface area contributed by atoms with E-state index >= 15 is 0 Å². The van der Waals surface area contributed by atoms with E-state index in [-0.39, 0.29) is 17.7 Å². The molecule has 0 radical (unpaired) electrons. The number of carbonyl (C=O) groups excluding carboxylic acids is 2. The van der Waals surface area contributed by atoms with Crippen molar-refractivity contribution in [1.29, 1.82) is 0 Å². The van der Waals surface area contributed by atoms with Crippen LogP contribution in [-0.2, 0) is 4.79 Å². The summed E-state index contributed by atoms with van der Waals surface area (Å²) in [6.45, 7) is 3.27. The Balaban J connectivity index is 1.52. The predicted octanol–water partition coefficient (Wildman–Crippen LogP) is 6.04. The number of amides is 1. The molecule has 3 aromatic carbocycles. The molecular weight excluding hydrogens is 445 g/mol. The molecule has 35 heavy (non-hydrogen) atoms. The van der Waals surface area contributed by atoms with Crippen LogP contribution in [0.5, 0.6) is 5.88 Å². The molecule has 1 N–H and O–H groups in total. The third-order valence-corrected chi connectivity index (χ3v) is 5.84. The van der Waals surface area contributed by atoms with Crippen LogP contribution in [-0.4, -0.2) is 21.7 Å². The number of nitrogens with zero attached hydrogens (tertiary/aromatic N) is 2. The fourth-order valence-corrected chi connectivity index (χ4v) is 4.06. The second-order valence-corrected chi connectivity index (χ2v) is 8.73. The Morgan fingerprint density at radius 1 is 1.03 bits per heavy atom. The highest BCUT2D eigenvalue weighted by atomic mass is 19.1. The van der Waals surface area contributed by atoms with Crippen molar-refractivity contribution < 1.29 is 18.7 Å². The number of nitrogens with one attached hydrogen (secondary N) is 1. The number of aryl methyl sites for hydroxylation is 1. The molecule has 4 aromatic rings. The number of hydrogen-bond acceptors (Lipinski definition) is 4. The van der Waals surface area contributed by atoms with Crippen LogP contribution in [0, 0.1) is 12.7 Å². The van der Waals surface area contributed by atoms with Gasteiger partial charge in [0.25, 0.3) is 5.91 Å². The number of benzene rings is 3. The SMILES string of the molecule is CC(=O)Oc1c(-c2ccc(NC(=O)c3cccc(C)c3)cc2)c(C2CC2)nn1-c1cccc(F)c1. The van der Waals surface area contributed by atoms with Gasteiger partial charge in [-0.25, -0.2) is 4.39 Å². The fraction of sp³-hybridized carbons (Fsp3) is 0.179. The summed E-state index contributed by atoms with van der Waals surface area (Å²) in [6.07, 6.45) is 1.97. The summed E-state index contributed by atoms with van der Waals surface area (Å²) < 4.78 is 21.1. The van der Waals surface area contributed by atoms with Gasteiger partial charge in [-0.2, -0.15) is 9.78 Å². The summed E-state index contributed by atoms with van der Waals surface area (Å²) in [7, 11) is 0. The number of hydrogen-bond donors (Lipinski definition) is 1. The molecule has 0 aliphatic heterocycles. The molecule has 1 saturated carbocycles. The van der Waals surface area contributed by atoms with Gasteiger partial charge < -0.3 is 10.1 Å². The van der Waals surface area contributed by atoms with Crippen LogP contribution in [0.3, 0.4) is 0 Å². The highest BCUT2D eigenvalue weighted by molar-refractivity contribution is 6.04. The third-order valence-electron chi connectivity index (χ3n) is 5.84. The van der Waals surface area contributed by atoms with Crippen LogP contribution in [0.4, 0.5) is 10.1 Å². The second-order valence-electron chi connectivity index (χ2n) is 8.73. The maximum Gasteiger partial charge on any atom is 0.309 e. The Kier molecular flexibility index (Phi) is 5.91. The van der Waals surface area contributed by atoms with E-state index in [0.717, 1.165) is 29.7 Å². The average molecular weight is 470 g/mol. The largest absolute Gasteiger partial charge is 0.407 e. The summed E-state index contributed by atoms with van der Waals surface area (Å²) in [6, 6.07) is 20.7. The summed E-state index contributed by atoms with van der Waals surface area (Å²) in [5, 5.41) is 7.65. The number of esters is 1. The molecule has 0 atom stereocenters. The van der Waals surface area contributed by atoms with Crippen LogP contribution in [0.25, 0.3) is 16.8 Å². The number of carbonyl (C=O) groups is 2. The van der Waals surface area contributed by atoms with Crippen molar-refractivity contribution in [2.75, 3.05) is 5.32 Å². The van der Waals surface area contributed by atoms with Gasteiger partial charge in [-0.15, -0.1) is 0 Å². The van der Waals surface area contributed by atoms with Crippen LogP contribution in [0.1, 0.15) is 47.3 Å². The fourth-order valence-electron chi connectivity index (χ4n) is 4.06. The zero-order chi connectivity index (χ0) is 24.5. The lowest BCUT2D eigenvalue weighted by molar-refractivity contribution is -0.132. The molecule has 1 fully saturated rings. The van der Waals surface area contributed by atoms with Crippen LogP contribution in [0.15, 0.2) is 72.8 Å². The molecule has 5 rings (SSSR count). The first kappa shape index (κ1) is 22.5. The van der Waals surface area contributed by atoms with Crippen molar-refractivity contribution in [2.24, 2.45) is 0 Å². The number of ether oxygens (including phenoxy) is 1. The lowest BCUT2D eigenvalue weighted by atomic mass is 10.0. The maximum atomic E-state index is 14.0.